The molecule has 2 aromatic heterocycles. The van der Waals surface area contributed by atoms with E-state index in [0.29, 0.717) is 40.5 Å². The zero-order valence-electron chi connectivity index (χ0n) is 33.3. The molecule has 0 N–H and O–H groups in total. The Morgan fingerprint density at radius 1 is 0.242 bits per heavy atom. The molecule has 0 atom stereocenters. The Balaban J connectivity index is 1.04. The molecule has 7 nitrogen and oxygen atoms in total. The second-order valence-corrected chi connectivity index (χ2v) is 14.6. The van der Waals surface area contributed by atoms with Crippen LogP contribution in [-0.2, 0) is 0 Å². The smallest absolute Gasteiger partial charge is 0.164 e. The minimum atomic E-state index is 0.582. The Kier molecular flexibility index (Phi) is 10.2. The van der Waals surface area contributed by atoms with Gasteiger partial charge in [-0.25, -0.2) is 29.9 Å². The summed E-state index contributed by atoms with van der Waals surface area (Å²) in [5.41, 5.74) is 11.9. The third-order valence-electron chi connectivity index (χ3n) is 10.7. The summed E-state index contributed by atoms with van der Waals surface area (Å²) < 4.78 is 0. The van der Waals surface area contributed by atoms with Crippen LogP contribution in [0.25, 0.3) is 102 Å². The first-order valence-electron chi connectivity index (χ1n) is 20.3. The molecule has 2 heterocycles. The number of aromatic nitrogens is 6. The molecule has 0 aliphatic heterocycles. The SMILES string of the molecule is N#Cc1ccccc1-c1ccc(-c2ccc(-c3nc(-c4ccccc4)nc(-c4ccccc4)n3)cc2)cc1-c1ccc(-c2nc(-c3ccccc3)nc(-c3ccccc3)n2)cc1. The normalized spacial score (nSPS) is 10.9. The van der Waals surface area contributed by atoms with Crippen LogP contribution in [0.2, 0.25) is 0 Å². The lowest BCUT2D eigenvalue weighted by Crippen LogP contribution is -2.00. The molecular weight excluding hydrogens is 759 g/mol. The van der Waals surface area contributed by atoms with Gasteiger partial charge in [0.15, 0.2) is 34.9 Å². The van der Waals surface area contributed by atoms with Gasteiger partial charge >= 0.3 is 0 Å². The van der Waals surface area contributed by atoms with Crippen molar-refractivity contribution in [2.45, 2.75) is 0 Å². The molecule has 0 bridgehead atoms. The molecule has 0 saturated carbocycles. The molecule has 62 heavy (non-hydrogen) atoms. The maximum Gasteiger partial charge on any atom is 0.164 e. The number of benzene rings is 8. The van der Waals surface area contributed by atoms with Crippen molar-refractivity contribution in [2.24, 2.45) is 0 Å². The number of hydrogen-bond donors (Lipinski definition) is 0. The van der Waals surface area contributed by atoms with E-state index in [1.807, 2.05) is 146 Å². The lowest BCUT2D eigenvalue weighted by Gasteiger charge is -2.15. The van der Waals surface area contributed by atoms with Crippen LogP contribution in [0.4, 0.5) is 0 Å². The summed E-state index contributed by atoms with van der Waals surface area (Å²) >= 11 is 0. The van der Waals surface area contributed by atoms with Crippen LogP contribution in [0.3, 0.4) is 0 Å². The fourth-order valence-electron chi connectivity index (χ4n) is 7.50. The van der Waals surface area contributed by atoms with E-state index < -0.39 is 0 Å². The predicted molar refractivity (Wildman–Crippen MR) is 247 cm³/mol. The van der Waals surface area contributed by atoms with E-state index in [4.69, 9.17) is 29.9 Å². The van der Waals surface area contributed by atoms with Gasteiger partial charge in [0.2, 0.25) is 0 Å². The Morgan fingerprint density at radius 3 is 0.935 bits per heavy atom. The van der Waals surface area contributed by atoms with Gasteiger partial charge in [0, 0.05) is 38.9 Å². The first kappa shape index (κ1) is 37.5. The Labute approximate surface area is 359 Å². The van der Waals surface area contributed by atoms with Crippen LogP contribution >= 0.6 is 0 Å². The molecular formula is C55H35N7. The van der Waals surface area contributed by atoms with Gasteiger partial charge in [-0.1, -0.05) is 200 Å². The second kappa shape index (κ2) is 16.9. The van der Waals surface area contributed by atoms with Gasteiger partial charge in [-0.3, -0.25) is 0 Å². The zero-order valence-corrected chi connectivity index (χ0v) is 33.3. The van der Waals surface area contributed by atoms with Gasteiger partial charge in [0.05, 0.1) is 11.6 Å². The maximum absolute atomic E-state index is 10.1. The van der Waals surface area contributed by atoms with Crippen LogP contribution in [-0.4, -0.2) is 29.9 Å². The lowest BCUT2D eigenvalue weighted by molar-refractivity contribution is 1.07. The largest absolute Gasteiger partial charge is 0.208 e. The average Bonchev–Trinajstić information content (AvgIpc) is 3.37. The molecule has 290 valence electrons. The maximum atomic E-state index is 10.1. The van der Waals surface area contributed by atoms with Crippen LogP contribution in [0, 0.1) is 11.3 Å². The molecule has 10 aromatic rings. The van der Waals surface area contributed by atoms with Gasteiger partial charge < -0.3 is 0 Å². The lowest BCUT2D eigenvalue weighted by atomic mass is 9.89. The Hall–Kier alpha value is -8.73. The third-order valence-corrected chi connectivity index (χ3v) is 10.7. The molecule has 0 fully saturated rings. The van der Waals surface area contributed by atoms with Gasteiger partial charge in [-0.05, 0) is 39.9 Å². The summed E-state index contributed by atoms with van der Waals surface area (Å²) in [6.45, 7) is 0. The number of nitriles is 1. The van der Waals surface area contributed by atoms with Crippen molar-refractivity contribution >= 4 is 0 Å². The summed E-state index contributed by atoms with van der Waals surface area (Å²) in [5, 5.41) is 10.1. The quantitative estimate of drug-likeness (QED) is 0.143. The number of rotatable bonds is 9. The van der Waals surface area contributed by atoms with Crippen molar-refractivity contribution in [1.29, 1.82) is 5.26 Å². The van der Waals surface area contributed by atoms with Crippen LogP contribution < -0.4 is 0 Å². The monoisotopic (exact) mass is 793 g/mol. The molecule has 0 aliphatic carbocycles. The highest BCUT2D eigenvalue weighted by molar-refractivity contribution is 5.89. The van der Waals surface area contributed by atoms with Crippen molar-refractivity contribution < 1.29 is 0 Å². The molecule has 0 saturated heterocycles. The van der Waals surface area contributed by atoms with Crippen molar-refractivity contribution in [1.82, 2.24) is 29.9 Å². The molecule has 0 unspecified atom stereocenters. The Morgan fingerprint density at radius 2 is 0.548 bits per heavy atom. The van der Waals surface area contributed by atoms with Gasteiger partial charge in [-0.15, -0.1) is 0 Å². The molecule has 7 heteroatoms. The molecule has 0 radical (unpaired) electrons. The summed E-state index contributed by atoms with van der Waals surface area (Å²) in [6, 6.07) is 73.1. The summed E-state index contributed by atoms with van der Waals surface area (Å²) in [5.74, 6) is 3.63. The van der Waals surface area contributed by atoms with Gasteiger partial charge in [0.25, 0.3) is 0 Å². The highest BCUT2D eigenvalue weighted by atomic mass is 15.0. The van der Waals surface area contributed by atoms with E-state index in [-0.39, 0.29) is 0 Å². The van der Waals surface area contributed by atoms with E-state index in [2.05, 4.69) is 72.8 Å². The van der Waals surface area contributed by atoms with E-state index in [1.54, 1.807) is 0 Å². The minimum absolute atomic E-state index is 0.582. The van der Waals surface area contributed by atoms with Gasteiger partial charge in [0.1, 0.15) is 0 Å². The first-order valence-corrected chi connectivity index (χ1v) is 20.3. The summed E-state index contributed by atoms with van der Waals surface area (Å²) in [6.07, 6.45) is 0. The first-order chi connectivity index (χ1) is 30.7. The Bertz CT molecular complexity index is 3090. The predicted octanol–water partition coefficient (Wildman–Crippen LogP) is 12.9. The van der Waals surface area contributed by atoms with Crippen molar-refractivity contribution in [3.63, 3.8) is 0 Å². The van der Waals surface area contributed by atoms with Crippen molar-refractivity contribution in [3.8, 4) is 108 Å². The van der Waals surface area contributed by atoms with Crippen LogP contribution in [0.5, 0.6) is 0 Å². The average molecular weight is 794 g/mol. The molecule has 0 spiro atoms. The molecule has 8 aromatic carbocycles. The third kappa shape index (κ3) is 7.75. The van der Waals surface area contributed by atoms with Gasteiger partial charge in [-0.2, -0.15) is 5.26 Å². The van der Waals surface area contributed by atoms with E-state index in [0.717, 1.165) is 66.8 Å². The molecule has 0 amide bonds. The highest BCUT2D eigenvalue weighted by Gasteiger charge is 2.17. The summed E-state index contributed by atoms with van der Waals surface area (Å²) in [7, 11) is 0. The highest BCUT2D eigenvalue weighted by Crippen LogP contribution is 2.38. The van der Waals surface area contributed by atoms with Crippen LogP contribution in [0.1, 0.15) is 5.56 Å². The topological polar surface area (TPSA) is 101 Å². The van der Waals surface area contributed by atoms with Crippen LogP contribution in [0.15, 0.2) is 212 Å². The number of nitrogens with zero attached hydrogens (tertiary/aromatic N) is 7. The minimum Gasteiger partial charge on any atom is -0.208 e. The standard InChI is InChI=1S/C55H35N7/c56-36-46-23-13-14-24-47(46)48-34-33-45(37-25-29-43(30-26-37)54-59-50(39-15-5-1-6-16-39)57-51(60-54)40-17-7-2-8-18-40)35-49(48)38-27-31-44(32-28-38)55-61-52(41-19-9-3-10-20-41)58-53(62-55)42-21-11-4-12-22-42/h1-35H. The van der Waals surface area contributed by atoms with Crippen molar-refractivity contribution in [3.05, 3.63) is 218 Å². The second-order valence-electron chi connectivity index (χ2n) is 14.6. The fourth-order valence-corrected chi connectivity index (χ4v) is 7.50. The molecule has 10 rings (SSSR count). The van der Waals surface area contributed by atoms with E-state index in [9.17, 15) is 5.26 Å². The van der Waals surface area contributed by atoms with E-state index >= 15 is 0 Å². The van der Waals surface area contributed by atoms with E-state index in [1.165, 1.54) is 0 Å². The summed E-state index contributed by atoms with van der Waals surface area (Å²) in [4.78, 5) is 29.4. The molecule has 0 aliphatic rings. The van der Waals surface area contributed by atoms with Crippen molar-refractivity contribution in [2.75, 3.05) is 0 Å². The zero-order chi connectivity index (χ0) is 41.7. The number of hydrogen-bond acceptors (Lipinski definition) is 7. The fraction of sp³-hybridized carbons (Fsp3) is 0.